The van der Waals surface area contributed by atoms with Gasteiger partial charge in [0.25, 0.3) is 0 Å². The van der Waals surface area contributed by atoms with Gasteiger partial charge in [-0.05, 0) is 55.2 Å². The van der Waals surface area contributed by atoms with Crippen LogP contribution < -0.4 is 0 Å². The molecule has 4 aromatic rings. The zero-order chi connectivity index (χ0) is 25.0. The van der Waals surface area contributed by atoms with E-state index < -0.39 is 5.41 Å². The van der Waals surface area contributed by atoms with E-state index in [1.165, 1.54) is 0 Å². The van der Waals surface area contributed by atoms with Crippen molar-refractivity contribution >= 4 is 5.78 Å². The summed E-state index contributed by atoms with van der Waals surface area (Å²) < 4.78 is 7.11. The van der Waals surface area contributed by atoms with Crippen LogP contribution in [-0.2, 0) is 16.6 Å². The summed E-state index contributed by atoms with van der Waals surface area (Å²) in [5.74, 6) is 0.842. The Hall–Kier alpha value is -4.38. The number of carbonyl (C=O) groups excluding carboxylic acids is 1. The maximum Gasteiger partial charge on any atom is 0.226 e. The van der Waals surface area contributed by atoms with E-state index in [4.69, 9.17) is 16.2 Å². The number of hydrogen-bond acceptors (Lipinski definition) is 6. The summed E-state index contributed by atoms with van der Waals surface area (Å²) in [4.78, 5) is 25.1. The molecule has 0 N–H and O–H groups in total. The third kappa shape index (κ3) is 3.23. The molecule has 1 aromatic carbocycles. The average Bonchev–Trinajstić information content (AvgIpc) is 3.51. The van der Waals surface area contributed by atoms with Crippen molar-refractivity contribution in [1.82, 2.24) is 24.9 Å². The Labute approximate surface area is 208 Å². The van der Waals surface area contributed by atoms with Crippen molar-refractivity contribution in [3.8, 4) is 28.3 Å². The third-order valence-corrected chi connectivity index (χ3v) is 7.63. The Bertz CT molecular complexity index is 1560. The third-order valence-electron chi connectivity index (χ3n) is 7.63. The summed E-state index contributed by atoms with van der Waals surface area (Å²) in [6.45, 7) is 13.5. The summed E-state index contributed by atoms with van der Waals surface area (Å²) in [5, 5.41) is 9.12. The van der Waals surface area contributed by atoms with Crippen LogP contribution in [0.3, 0.4) is 0 Å². The lowest BCUT2D eigenvalue weighted by atomic mass is 9.58. The van der Waals surface area contributed by atoms with Crippen LogP contribution in [0.1, 0.15) is 37.4 Å². The fourth-order valence-corrected chi connectivity index (χ4v) is 5.91. The minimum absolute atomic E-state index is 0.0609. The summed E-state index contributed by atoms with van der Waals surface area (Å²) in [6, 6.07) is 11.8. The number of ketones is 1. The molecule has 0 amide bonds. The monoisotopic (exact) mass is 476 g/mol. The second-order valence-corrected chi connectivity index (χ2v) is 9.74. The van der Waals surface area contributed by atoms with E-state index in [2.05, 4.69) is 26.9 Å². The van der Waals surface area contributed by atoms with Crippen molar-refractivity contribution in [3.05, 3.63) is 89.1 Å². The van der Waals surface area contributed by atoms with Gasteiger partial charge in [-0.15, -0.1) is 0 Å². The Morgan fingerprint density at radius 1 is 1.19 bits per heavy atom. The standard InChI is InChI=1S/C28H24N6O2/c1-16-22-12-11-21-24(19-6-5-13-30-15-19)32-34(26(21)28(22,3)14-23(29-4)25(16)35)20-9-7-18(8-10-20)27-31-17(2)36-33-27/h5-10,13-16,22H,11-12H2,1-3H3/t16-,22-,28-/m1/s1. The summed E-state index contributed by atoms with van der Waals surface area (Å²) in [5.41, 5.74) is 5.43. The highest BCUT2D eigenvalue weighted by molar-refractivity contribution is 6.00. The van der Waals surface area contributed by atoms with Gasteiger partial charge in [-0.3, -0.25) is 4.98 Å². The lowest BCUT2D eigenvalue weighted by molar-refractivity contribution is -0.121. The van der Waals surface area contributed by atoms with E-state index in [0.29, 0.717) is 11.7 Å². The van der Waals surface area contributed by atoms with E-state index in [0.717, 1.165) is 46.6 Å². The molecule has 8 nitrogen and oxygen atoms in total. The molecule has 0 radical (unpaired) electrons. The quantitative estimate of drug-likeness (QED) is 0.381. The minimum atomic E-state index is -0.516. The number of allylic oxidation sites excluding steroid dienone is 2. The number of aryl methyl sites for hydroxylation is 1. The molecule has 0 bridgehead atoms. The van der Waals surface area contributed by atoms with E-state index in [1.807, 2.05) is 60.3 Å². The van der Waals surface area contributed by atoms with Crippen LogP contribution in [0.25, 0.3) is 33.2 Å². The molecule has 3 heterocycles. The number of benzene rings is 1. The average molecular weight is 477 g/mol. The minimum Gasteiger partial charge on any atom is -0.339 e. The van der Waals surface area contributed by atoms with E-state index >= 15 is 0 Å². The fourth-order valence-electron chi connectivity index (χ4n) is 5.91. The van der Waals surface area contributed by atoms with Gasteiger partial charge in [-0.2, -0.15) is 10.1 Å². The van der Waals surface area contributed by atoms with Gasteiger partial charge in [0, 0.05) is 47.3 Å². The van der Waals surface area contributed by atoms with Crippen molar-refractivity contribution in [3.63, 3.8) is 0 Å². The SMILES string of the molecule is [C-]#[N+]C1=C[C@@]2(C)c3c(c(-c4cccnc4)nn3-c3ccc(-c4noc(C)n4)cc3)CC[C@@H]2[C@@H](C)C1=O. The molecule has 2 aliphatic carbocycles. The van der Waals surface area contributed by atoms with Gasteiger partial charge in [0.05, 0.1) is 23.6 Å². The van der Waals surface area contributed by atoms with E-state index in [9.17, 15) is 4.79 Å². The Morgan fingerprint density at radius 2 is 2.00 bits per heavy atom. The number of hydrogen-bond donors (Lipinski definition) is 0. The van der Waals surface area contributed by atoms with Crippen LogP contribution in [-0.4, -0.2) is 30.7 Å². The molecular formula is C28H24N6O2. The summed E-state index contributed by atoms with van der Waals surface area (Å²) >= 11 is 0. The highest BCUT2D eigenvalue weighted by atomic mass is 16.5. The molecule has 0 spiro atoms. The number of fused-ring (bicyclic) bond motifs is 3. The predicted octanol–water partition coefficient (Wildman–Crippen LogP) is 5.13. The Balaban J connectivity index is 1.57. The highest BCUT2D eigenvalue weighted by Crippen LogP contribution is 2.52. The van der Waals surface area contributed by atoms with Gasteiger partial charge in [0.1, 0.15) is 0 Å². The molecule has 178 valence electrons. The van der Waals surface area contributed by atoms with Gasteiger partial charge >= 0.3 is 0 Å². The Kier molecular flexibility index (Phi) is 4.97. The second kappa shape index (κ2) is 8.09. The van der Waals surface area contributed by atoms with Crippen LogP contribution in [0.5, 0.6) is 0 Å². The first-order chi connectivity index (χ1) is 17.4. The highest BCUT2D eigenvalue weighted by Gasteiger charge is 2.50. The number of Topliss-reactive ketones (excluding diaryl/α,β-unsaturated/α-hetero) is 1. The first-order valence-electron chi connectivity index (χ1n) is 12.0. The maximum absolute atomic E-state index is 12.9. The van der Waals surface area contributed by atoms with Gasteiger partial charge in [-0.25, -0.2) is 9.53 Å². The van der Waals surface area contributed by atoms with Crippen LogP contribution >= 0.6 is 0 Å². The van der Waals surface area contributed by atoms with Crippen LogP contribution in [0.2, 0.25) is 0 Å². The number of nitrogens with zero attached hydrogens (tertiary/aromatic N) is 6. The molecule has 0 unspecified atom stereocenters. The maximum atomic E-state index is 12.9. The van der Waals surface area contributed by atoms with Gasteiger partial charge < -0.3 is 9.32 Å². The molecular weight excluding hydrogens is 452 g/mol. The molecule has 36 heavy (non-hydrogen) atoms. The number of aromatic nitrogens is 5. The van der Waals surface area contributed by atoms with Gasteiger partial charge in [0.15, 0.2) is 5.78 Å². The smallest absolute Gasteiger partial charge is 0.226 e. The van der Waals surface area contributed by atoms with E-state index in [1.54, 1.807) is 13.1 Å². The second-order valence-electron chi connectivity index (χ2n) is 9.74. The molecule has 8 heteroatoms. The summed E-state index contributed by atoms with van der Waals surface area (Å²) in [6.07, 6.45) is 7.12. The van der Waals surface area contributed by atoms with Crippen LogP contribution in [0, 0.1) is 25.3 Å². The normalized spacial score (nSPS) is 22.9. The van der Waals surface area contributed by atoms with Crippen LogP contribution in [0.15, 0.2) is 65.1 Å². The predicted molar refractivity (Wildman–Crippen MR) is 133 cm³/mol. The first kappa shape index (κ1) is 22.1. The number of rotatable bonds is 3. The van der Waals surface area contributed by atoms with Crippen molar-refractivity contribution in [2.45, 2.75) is 39.0 Å². The van der Waals surface area contributed by atoms with Crippen LogP contribution in [0.4, 0.5) is 0 Å². The molecule has 0 fully saturated rings. The Morgan fingerprint density at radius 3 is 2.67 bits per heavy atom. The molecule has 6 rings (SSSR count). The topological polar surface area (TPSA) is 91.1 Å². The molecule has 2 aliphatic rings. The first-order valence-corrected chi connectivity index (χ1v) is 12.0. The van der Waals surface area contributed by atoms with Crippen molar-refractivity contribution in [2.75, 3.05) is 0 Å². The molecule has 0 aliphatic heterocycles. The summed E-state index contributed by atoms with van der Waals surface area (Å²) in [7, 11) is 0. The lowest BCUT2D eigenvalue weighted by Crippen LogP contribution is -2.46. The van der Waals surface area contributed by atoms with Gasteiger partial charge in [0.2, 0.25) is 17.4 Å². The zero-order valence-electron chi connectivity index (χ0n) is 20.3. The largest absolute Gasteiger partial charge is 0.339 e. The molecule has 0 saturated heterocycles. The molecule has 3 atom stereocenters. The van der Waals surface area contributed by atoms with E-state index in [-0.39, 0.29) is 23.3 Å². The van der Waals surface area contributed by atoms with Crippen molar-refractivity contribution in [2.24, 2.45) is 11.8 Å². The van der Waals surface area contributed by atoms with Crippen molar-refractivity contribution < 1.29 is 9.32 Å². The molecule has 0 saturated carbocycles. The van der Waals surface area contributed by atoms with Crippen molar-refractivity contribution in [1.29, 1.82) is 0 Å². The molecule has 3 aromatic heterocycles. The van der Waals surface area contributed by atoms with Gasteiger partial charge in [-0.1, -0.05) is 25.1 Å². The number of carbonyl (C=O) groups is 1. The lowest BCUT2D eigenvalue weighted by Gasteiger charge is -2.45. The fraction of sp³-hybridized carbons (Fsp3) is 0.286. The zero-order valence-corrected chi connectivity index (χ0v) is 20.3. The number of pyridine rings is 1.